The van der Waals surface area contributed by atoms with Crippen LogP contribution in [0.15, 0.2) is 65.1 Å². The van der Waals surface area contributed by atoms with Crippen LogP contribution in [-0.4, -0.2) is 23.1 Å². The zero-order chi connectivity index (χ0) is 23.5. The van der Waals surface area contributed by atoms with Crippen molar-refractivity contribution in [2.24, 2.45) is 0 Å². The van der Waals surface area contributed by atoms with Crippen LogP contribution in [0.5, 0.6) is 5.75 Å². The molecule has 3 aromatic carbocycles. The first kappa shape index (κ1) is 22.5. The first-order chi connectivity index (χ1) is 15.8. The SMILES string of the molecule is COc1ccc2oc(-c3ccc(C)c(NC(=S)NC(=O)c4ccc(C(C)C)cc4)c3)nc2c1. The Labute approximate surface area is 198 Å². The van der Waals surface area contributed by atoms with E-state index in [-0.39, 0.29) is 11.0 Å². The maximum atomic E-state index is 12.6. The van der Waals surface area contributed by atoms with Gasteiger partial charge in [-0.05, 0) is 72.6 Å². The molecule has 2 N–H and O–H groups in total. The summed E-state index contributed by atoms with van der Waals surface area (Å²) in [6.45, 7) is 6.18. The molecule has 0 spiro atoms. The molecule has 0 aliphatic rings. The predicted octanol–water partition coefficient (Wildman–Crippen LogP) is 6.06. The zero-order valence-corrected chi connectivity index (χ0v) is 19.7. The number of nitrogens with zero attached hydrogens (tertiary/aromatic N) is 1. The first-order valence-electron chi connectivity index (χ1n) is 10.6. The number of aryl methyl sites for hydroxylation is 1. The standard InChI is InChI=1S/C26H25N3O3S/c1-15(2)17-7-9-18(10-8-17)24(30)29-26(33)28-21-13-19(6-5-16(21)3)25-27-22-14-20(31-4)11-12-23(22)32-25/h5-15H,1-4H3,(H2,28,29,30,33). The number of carbonyl (C=O) groups is 1. The highest BCUT2D eigenvalue weighted by atomic mass is 32.1. The van der Waals surface area contributed by atoms with Gasteiger partial charge in [0.1, 0.15) is 11.3 Å². The number of hydrogen-bond donors (Lipinski definition) is 2. The summed E-state index contributed by atoms with van der Waals surface area (Å²) in [5.41, 5.74) is 5.63. The Balaban J connectivity index is 1.49. The van der Waals surface area contributed by atoms with E-state index in [1.165, 1.54) is 5.56 Å². The van der Waals surface area contributed by atoms with Gasteiger partial charge in [-0.15, -0.1) is 0 Å². The predicted molar refractivity (Wildman–Crippen MR) is 135 cm³/mol. The molecule has 0 atom stereocenters. The summed E-state index contributed by atoms with van der Waals surface area (Å²) in [6.07, 6.45) is 0. The number of aromatic nitrogens is 1. The van der Waals surface area contributed by atoms with Crippen LogP contribution in [0.2, 0.25) is 0 Å². The minimum absolute atomic E-state index is 0.218. The lowest BCUT2D eigenvalue weighted by atomic mass is 10.0. The molecule has 1 aromatic heterocycles. The van der Waals surface area contributed by atoms with Gasteiger partial charge in [-0.2, -0.15) is 0 Å². The normalized spacial score (nSPS) is 10.9. The van der Waals surface area contributed by atoms with Crippen molar-refractivity contribution in [2.45, 2.75) is 26.7 Å². The summed E-state index contributed by atoms with van der Waals surface area (Å²) in [6, 6.07) is 18.8. The number of methoxy groups -OCH3 is 1. The average molecular weight is 460 g/mol. The number of hydrogen-bond acceptors (Lipinski definition) is 5. The number of rotatable bonds is 5. The lowest BCUT2D eigenvalue weighted by Gasteiger charge is -2.13. The van der Waals surface area contributed by atoms with E-state index in [0.29, 0.717) is 34.2 Å². The molecule has 0 bridgehead atoms. The van der Waals surface area contributed by atoms with E-state index in [0.717, 1.165) is 16.8 Å². The summed E-state index contributed by atoms with van der Waals surface area (Å²) in [7, 11) is 1.61. The van der Waals surface area contributed by atoms with E-state index >= 15 is 0 Å². The Hall–Kier alpha value is -3.71. The molecule has 6 nitrogen and oxygen atoms in total. The van der Waals surface area contributed by atoms with Gasteiger partial charge in [0, 0.05) is 22.9 Å². The molecule has 0 aliphatic heterocycles. The highest BCUT2D eigenvalue weighted by Gasteiger charge is 2.13. The first-order valence-corrected chi connectivity index (χ1v) is 11.0. The van der Waals surface area contributed by atoms with E-state index < -0.39 is 0 Å². The average Bonchev–Trinajstić information content (AvgIpc) is 3.23. The molecule has 1 heterocycles. The number of amides is 1. The van der Waals surface area contributed by atoms with Gasteiger partial charge in [0.15, 0.2) is 10.7 Å². The third-order valence-electron chi connectivity index (χ3n) is 5.39. The van der Waals surface area contributed by atoms with Gasteiger partial charge in [0.2, 0.25) is 5.89 Å². The highest BCUT2D eigenvalue weighted by molar-refractivity contribution is 7.80. The highest BCUT2D eigenvalue weighted by Crippen LogP contribution is 2.29. The number of oxazole rings is 1. The van der Waals surface area contributed by atoms with Gasteiger partial charge in [0.05, 0.1) is 7.11 Å². The van der Waals surface area contributed by atoms with E-state index in [2.05, 4.69) is 29.5 Å². The van der Waals surface area contributed by atoms with Crippen LogP contribution >= 0.6 is 12.2 Å². The topological polar surface area (TPSA) is 76.4 Å². The van der Waals surface area contributed by atoms with Crippen LogP contribution in [0.1, 0.15) is 41.3 Å². The molecular formula is C26H25N3O3S. The van der Waals surface area contributed by atoms with Gasteiger partial charge in [-0.3, -0.25) is 10.1 Å². The van der Waals surface area contributed by atoms with Gasteiger partial charge < -0.3 is 14.5 Å². The smallest absolute Gasteiger partial charge is 0.257 e. The number of thiocarbonyl (C=S) groups is 1. The molecule has 7 heteroatoms. The molecule has 33 heavy (non-hydrogen) atoms. The molecular weight excluding hydrogens is 434 g/mol. The lowest BCUT2D eigenvalue weighted by molar-refractivity contribution is 0.0977. The van der Waals surface area contributed by atoms with Crippen molar-refractivity contribution in [3.8, 4) is 17.2 Å². The Morgan fingerprint density at radius 2 is 1.82 bits per heavy atom. The van der Waals surface area contributed by atoms with Crippen LogP contribution in [0.4, 0.5) is 5.69 Å². The number of nitrogens with one attached hydrogen (secondary N) is 2. The summed E-state index contributed by atoms with van der Waals surface area (Å²) in [4.78, 5) is 17.1. The maximum Gasteiger partial charge on any atom is 0.257 e. The number of benzene rings is 3. The van der Waals surface area contributed by atoms with Crippen molar-refractivity contribution in [1.82, 2.24) is 10.3 Å². The van der Waals surface area contributed by atoms with E-state index in [1.807, 2.05) is 55.5 Å². The number of ether oxygens (including phenoxy) is 1. The van der Waals surface area contributed by atoms with E-state index in [4.69, 9.17) is 21.4 Å². The van der Waals surface area contributed by atoms with Gasteiger partial charge in [-0.25, -0.2) is 4.98 Å². The molecule has 168 valence electrons. The van der Waals surface area contributed by atoms with E-state index in [9.17, 15) is 4.79 Å². The fourth-order valence-electron chi connectivity index (χ4n) is 3.40. The quantitative estimate of drug-likeness (QED) is 0.353. The van der Waals surface area contributed by atoms with Crippen molar-refractivity contribution < 1.29 is 13.9 Å². The Kier molecular flexibility index (Phi) is 6.42. The van der Waals surface area contributed by atoms with Crippen molar-refractivity contribution in [2.75, 3.05) is 12.4 Å². The molecule has 4 rings (SSSR count). The lowest BCUT2D eigenvalue weighted by Crippen LogP contribution is -2.34. The second-order valence-electron chi connectivity index (χ2n) is 8.07. The minimum atomic E-state index is -0.260. The number of carbonyl (C=O) groups excluding carboxylic acids is 1. The van der Waals surface area contributed by atoms with Crippen molar-refractivity contribution in [3.05, 3.63) is 77.4 Å². The molecule has 0 saturated carbocycles. The zero-order valence-electron chi connectivity index (χ0n) is 18.9. The van der Waals surface area contributed by atoms with Crippen molar-refractivity contribution in [3.63, 3.8) is 0 Å². The Bertz CT molecular complexity index is 1330. The fraction of sp³-hybridized carbons (Fsp3) is 0.192. The van der Waals surface area contributed by atoms with Crippen LogP contribution in [-0.2, 0) is 0 Å². The Morgan fingerprint density at radius 1 is 1.06 bits per heavy atom. The van der Waals surface area contributed by atoms with E-state index in [1.54, 1.807) is 19.2 Å². The second-order valence-corrected chi connectivity index (χ2v) is 8.48. The summed E-state index contributed by atoms with van der Waals surface area (Å²) >= 11 is 5.38. The monoisotopic (exact) mass is 459 g/mol. The van der Waals surface area contributed by atoms with Crippen LogP contribution in [0.25, 0.3) is 22.6 Å². The van der Waals surface area contributed by atoms with Gasteiger partial charge >= 0.3 is 0 Å². The largest absolute Gasteiger partial charge is 0.497 e. The summed E-state index contributed by atoms with van der Waals surface area (Å²) < 4.78 is 11.2. The Morgan fingerprint density at radius 3 is 2.52 bits per heavy atom. The molecule has 0 saturated heterocycles. The fourth-order valence-corrected chi connectivity index (χ4v) is 3.60. The third-order valence-corrected chi connectivity index (χ3v) is 5.60. The molecule has 0 radical (unpaired) electrons. The molecule has 0 aliphatic carbocycles. The second kappa shape index (κ2) is 9.42. The van der Waals surface area contributed by atoms with Crippen LogP contribution < -0.4 is 15.4 Å². The number of anilines is 1. The van der Waals surface area contributed by atoms with Crippen LogP contribution in [0, 0.1) is 6.92 Å². The molecule has 4 aromatic rings. The minimum Gasteiger partial charge on any atom is -0.497 e. The van der Waals surface area contributed by atoms with Crippen molar-refractivity contribution in [1.29, 1.82) is 0 Å². The molecule has 0 unspecified atom stereocenters. The third kappa shape index (κ3) is 5.04. The summed E-state index contributed by atoms with van der Waals surface area (Å²) in [5, 5.41) is 6.07. The maximum absolute atomic E-state index is 12.6. The molecule has 1 amide bonds. The molecule has 0 fully saturated rings. The van der Waals surface area contributed by atoms with Crippen LogP contribution in [0.3, 0.4) is 0 Å². The summed E-state index contributed by atoms with van der Waals surface area (Å²) in [5.74, 6) is 1.35. The van der Waals surface area contributed by atoms with Gasteiger partial charge in [0.25, 0.3) is 5.91 Å². The van der Waals surface area contributed by atoms with Crippen molar-refractivity contribution >= 4 is 40.0 Å². The van der Waals surface area contributed by atoms with Gasteiger partial charge in [-0.1, -0.05) is 32.0 Å². The number of fused-ring (bicyclic) bond motifs is 1.